The molecule has 0 aliphatic carbocycles. The number of carbonyl (C=O) groups excluding carboxylic acids is 1. The molecule has 0 rings (SSSR count). The van der Waals surface area contributed by atoms with Gasteiger partial charge in [0.15, 0.2) is 0 Å². The molecule has 4 heteroatoms. The SMILES string of the molecule is CSCC[C@@H](N)C(=O)NCC(C)C. The predicted molar refractivity (Wildman–Crippen MR) is 58.8 cm³/mol. The van der Waals surface area contributed by atoms with Crippen molar-refractivity contribution in [3.63, 3.8) is 0 Å². The summed E-state index contributed by atoms with van der Waals surface area (Å²) in [5.41, 5.74) is 5.66. The molecule has 1 amide bonds. The van der Waals surface area contributed by atoms with Crippen LogP contribution in [0.15, 0.2) is 0 Å². The van der Waals surface area contributed by atoms with Crippen LogP contribution in [-0.4, -0.2) is 30.5 Å². The first kappa shape index (κ1) is 12.8. The van der Waals surface area contributed by atoms with E-state index >= 15 is 0 Å². The van der Waals surface area contributed by atoms with Crippen LogP contribution in [0.2, 0.25) is 0 Å². The summed E-state index contributed by atoms with van der Waals surface area (Å²) in [5.74, 6) is 1.40. The minimum atomic E-state index is -0.341. The van der Waals surface area contributed by atoms with Gasteiger partial charge < -0.3 is 11.1 Å². The average Bonchev–Trinajstić information content (AvgIpc) is 2.10. The van der Waals surface area contributed by atoms with Crippen molar-refractivity contribution < 1.29 is 4.79 Å². The number of nitrogens with two attached hydrogens (primary N) is 1. The summed E-state index contributed by atoms with van der Waals surface area (Å²) in [4.78, 5) is 11.3. The Hall–Kier alpha value is -0.220. The Morgan fingerprint density at radius 1 is 1.54 bits per heavy atom. The molecule has 1 atom stereocenters. The van der Waals surface area contributed by atoms with Gasteiger partial charge in [-0.15, -0.1) is 0 Å². The Morgan fingerprint density at radius 3 is 2.62 bits per heavy atom. The third-order valence-electron chi connectivity index (χ3n) is 1.65. The van der Waals surface area contributed by atoms with Crippen molar-refractivity contribution in [1.29, 1.82) is 0 Å². The first-order valence-corrected chi connectivity index (χ1v) is 5.99. The van der Waals surface area contributed by atoms with Crippen LogP contribution in [0.25, 0.3) is 0 Å². The molecule has 0 unspecified atom stereocenters. The van der Waals surface area contributed by atoms with Crippen LogP contribution in [0.3, 0.4) is 0 Å². The molecule has 0 spiro atoms. The van der Waals surface area contributed by atoms with Crippen molar-refractivity contribution in [3.05, 3.63) is 0 Å². The summed E-state index contributed by atoms with van der Waals surface area (Å²) in [6.45, 7) is 4.84. The summed E-state index contributed by atoms with van der Waals surface area (Å²) in [7, 11) is 0. The van der Waals surface area contributed by atoms with E-state index in [4.69, 9.17) is 5.73 Å². The highest BCUT2D eigenvalue weighted by Gasteiger charge is 2.11. The highest BCUT2D eigenvalue weighted by molar-refractivity contribution is 7.98. The number of rotatable bonds is 6. The van der Waals surface area contributed by atoms with Crippen molar-refractivity contribution >= 4 is 17.7 Å². The molecule has 0 saturated carbocycles. The van der Waals surface area contributed by atoms with Crippen LogP contribution in [0.4, 0.5) is 0 Å². The summed E-state index contributed by atoms with van der Waals surface area (Å²) >= 11 is 1.71. The van der Waals surface area contributed by atoms with Gasteiger partial charge in [-0.2, -0.15) is 11.8 Å². The largest absolute Gasteiger partial charge is 0.354 e. The lowest BCUT2D eigenvalue weighted by molar-refractivity contribution is -0.122. The van der Waals surface area contributed by atoms with E-state index in [1.54, 1.807) is 11.8 Å². The molecule has 78 valence electrons. The summed E-state index contributed by atoms with van der Waals surface area (Å²) in [5, 5.41) is 2.82. The molecule has 0 saturated heterocycles. The fraction of sp³-hybridized carbons (Fsp3) is 0.889. The lowest BCUT2D eigenvalue weighted by Gasteiger charge is -2.12. The Morgan fingerprint density at radius 2 is 2.15 bits per heavy atom. The van der Waals surface area contributed by atoms with Crippen molar-refractivity contribution in [2.75, 3.05) is 18.6 Å². The first-order chi connectivity index (χ1) is 6.07. The van der Waals surface area contributed by atoms with Gasteiger partial charge in [-0.25, -0.2) is 0 Å². The van der Waals surface area contributed by atoms with Gasteiger partial charge in [0.1, 0.15) is 0 Å². The van der Waals surface area contributed by atoms with E-state index < -0.39 is 0 Å². The molecule has 0 bridgehead atoms. The normalized spacial score (nSPS) is 13.0. The number of nitrogens with one attached hydrogen (secondary N) is 1. The van der Waals surface area contributed by atoms with Crippen molar-refractivity contribution in [1.82, 2.24) is 5.32 Å². The molecule has 0 aliphatic rings. The quantitative estimate of drug-likeness (QED) is 0.674. The molecule has 0 radical (unpaired) electrons. The Bertz CT molecular complexity index is 151. The number of thioether (sulfide) groups is 1. The maximum Gasteiger partial charge on any atom is 0.236 e. The van der Waals surface area contributed by atoms with Crippen LogP contribution in [0.1, 0.15) is 20.3 Å². The van der Waals surface area contributed by atoms with E-state index in [1.165, 1.54) is 0 Å². The van der Waals surface area contributed by atoms with Crippen LogP contribution in [0, 0.1) is 5.92 Å². The standard InChI is InChI=1S/C9H20N2OS/c1-7(2)6-11-9(12)8(10)4-5-13-3/h7-8H,4-6,10H2,1-3H3,(H,11,12)/t8-/m1/s1. The Balaban J connectivity index is 3.57. The van der Waals surface area contributed by atoms with Crippen molar-refractivity contribution in [2.45, 2.75) is 26.3 Å². The van der Waals surface area contributed by atoms with Gasteiger partial charge in [-0.1, -0.05) is 13.8 Å². The topological polar surface area (TPSA) is 55.1 Å². The van der Waals surface area contributed by atoms with Gasteiger partial charge >= 0.3 is 0 Å². The number of hydrogen-bond acceptors (Lipinski definition) is 3. The first-order valence-electron chi connectivity index (χ1n) is 4.60. The zero-order valence-corrected chi connectivity index (χ0v) is 9.49. The van der Waals surface area contributed by atoms with E-state index in [-0.39, 0.29) is 11.9 Å². The summed E-state index contributed by atoms with van der Waals surface area (Å²) in [6, 6.07) is -0.341. The van der Waals surface area contributed by atoms with Gasteiger partial charge in [-0.05, 0) is 24.3 Å². The van der Waals surface area contributed by atoms with E-state index in [2.05, 4.69) is 19.2 Å². The maximum absolute atomic E-state index is 11.3. The maximum atomic E-state index is 11.3. The molecule has 0 aromatic heterocycles. The van der Waals surface area contributed by atoms with E-state index in [1.807, 2.05) is 6.26 Å². The summed E-state index contributed by atoms with van der Waals surface area (Å²) in [6.07, 6.45) is 2.77. The van der Waals surface area contributed by atoms with Gasteiger partial charge in [0.25, 0.3) is 0 Å². The van der Waals surface area contributed by atoms with Gasteiger partial charge in [0.05, 0.1) is 6.04 Å². The molecule has 0 heterocycles. The fourth-order valence-corrected chi connectivity index (χ4v) is 1.30. The molecule has 3 N–H and O–H groups in total. The van der Waals surface area contributed by atoms with Gasteiger partial charge in [0.2, 0.25) is 5.91 Å². The molecule has 0 aromatic carbocycles. The summed E-state index contributed by atoms with van der Waals surface area (Å²) < 4.78 is 0. The van der Waals surface area contributed by atoms with E-state index in [0.29, 0.717) is 12.5 Å². The predicted octanol–water partition coefficient (Wildman–Crippen LogP) is 0.839. The van der Waals surface area contributed by atoms with Crippen molar-refractivity contribution in [2.24, 2.45) is 11.7 Å². The van der Waals surface area contributed by atoms with E-state index in [0.717, 1.165) is 12.2 Å². The van der Waals surface area contributed by atoms with Crippen LogP contribution in [-0.2, 0) is 4.79 Å². The molecule has 0 aromatic rings. The number of amides is 1. The Labute approximate surface area is 84.8 Å². The smallest absolute Gasteiger partial charge is 0.236 e. The zero-order valence-electron chi connectivity index (χ0n) is 8.67. The second kappa shape index (κ2) is 7.21. The second-order valence-electron chi connectivity index (χ2n) is 3.53. The van der Waals surface area contributed by atoms with E-state index in [9.17, 15) is 4.79 Å². The highest BCUT2D eigenvalue weighted by Crippen LogP contribution is 1.98. The highest BCUT2D eigenvalue weighted by atomic mass is 32.2. The number of hydrogen-bond donors (Lipinski definition) is 2. The average molecular weight is 204 g/mol. The van der Waals surface area contributed by atoms with Gasteiger partial charge in [-0.3, -0.25) is 4.79 Å². The lowest BCUT2D eigenvalue weighted by atomic mass is 10.2. The Kier molecular flexibility index (Phi) is 7.09. The number of carbonyl (C=O) groups is 1. The third-order valence-corrected chi connectivity index (χ3v) is 2.30. The monoisotopic (exact) mass is 204 g/mol. The molecule has 0 aliphatic heterocycles. The molecular weight excluding hydrogens is 184 g/mol. The molecule has 3 nitrogen and oxygen atoms in total. The fourth-order valence-electron chi connectivity index (χ4n) is 0.812. The van der Waals surface area contributed by atoms with Crippen LogP contribution < -0.4 is 11.1 Å². The molecule has 0 fully saturated rings. The third kappa shape index (κ3) is 6.90. The van der Waals surface area contributed by atoms with Crippen molar-refractivity contribution in [3.8, 4) is 0 Å². The zero-order chi connectivity index (χ0) is 10.3. The minimum Gasteiger partial charge on any atom is -0.354 e. The lowest BCUT2D eigenvalue weighted by Crippen LogP contribution is -2.42. The molecule has 13 heavy (non-hydrogen) atoms. The minimum absolute atomic E-state index is 0.0252. The van der Waals surface area contributed by atoms with Crippen LogP contribution in [0.5, 0.6) is 0 Å². The van der Waals surface area contributed by atoms with Crippen LogP contribution >= 0.6 is 11.8 Å². The second-order valence-corrected chi connectivity index (χ2v) is 4.51. The molecular formula is C9H20N2OS. The van der Waals surface area contributed by atoms with Gasteiger partial charge in [0, 0.05) is 6.54 Å².